The Morgan fingerprint density at radius 3 is 2.79 bits per heavy atom. The van der Waals surface area contributed by atoms with Gasteiger partial charge in [-0.1, -0.05) is 12.1 Å². The van der Waals surface area contributed by atoms with Crippen LogP contribution in [0.15, 0.2) is 18.2 Å². The zero-order valence-corrected chi connectivity index (χ0v) is 11.8. The lowest BCUT2D eigenvalue weighted by Crippen LogP contribution is -2.42. The molecule has 0 bridgehead atoms. The molecule has 19 heavy (non-hydrogen) atoms. The predicted molar refractivity (Wildman–Crippen MR) is 74.3 cm³/mol. The SMILES string of the molecule is CCN(CCO)C(=O)NCOc1cccc(C)c1C. The monoisotopic (exact) mass is 266 g/mol. The largest absolute Gasteiger partial charge is 0.473 e. The first-order valence-corrected chi connectivity index (χ1v) is 6.42. The second-order valence-electron chi connectivity index (χ2n) is 4.27. The Bertz CT molecular complexity index is 421. The van der Waals surface area contributed by atoms with E-state index in [-0.39, 0.29) is 19.4 Å². The second kappa shape index (κ2) is 7.63. The highest BCUT2D eigenvalue weighted by atomic mass is 16.5. The van der Waals surface area contributed by atoms with Gasteiger partial charge in [-0.3, -0.25) is 0 Å². The van der Waals surface area contributed by atoms with Gasteiger partial charge in [0.25, 0.3) is 0 Å². The molecule has 2 N–H and O–H groups in total. The van der Waals surface area contributed by atoms with Crippen molar-refractivity contribution in [2.24, 2.45) is 0 Å². The van der Waals surface area contributed by atoms with Gasteiger partial charge < -0.3 is 20.1 Å². The van der Waals surface area contributed by atoms with Crippen molar-refractivity contribution in [1.29, 1.82) is 0 Å². The van der Waals surface area contributed by atoms with Crippen molar-refractivity contribution in [1.82, 2.24) is 10.2 Å². The minimum atomic E-state index is -0.234. The molecule has 0 unspecified atom stereocenters. The molecule has 0 fully saturated rings. The molecule has 0 radical (unpaired) electrons. The topological polar surface area (TPSA) is 61.8 Å². The molecule has 0 aliphatic rings. The number of benzene rings is 1. The molecular weight excluding hydrogens is 244 g/mol. The highest BCUT2D eigenvalue weighted by Gasteiger charge is 2.10. The van der Waals surface area contributed by atoms with Crippen LogP contribution in [-0.4, -0.2) is 42.5 Å². The number of hydrogen-bond donors (Lipinski definition) is 2. The number of likely N-dealkylation sites (N-methyl/N-ethyl adjacent to an activating group) is 1. The molecule has 0 atom stereocenters. The Morgan fingerprint density at radius 1 is 1.42 bits per heavy atom. The van der Waals surface area contributed by atoms with Gasteiger partial charge in [0.05, 0.1) is 6.61 Å². The number of ether oxygens (including phenoxy) is 1. The maximum atomic E-state index is 11.7. The van der Waals surface area contributed by atoms with Crippen LogP contribution >= 0.6 is 0 Å². The number of amides is 2. The summed E-state index contributed by atoms with van der Waals surface area (Å²) in [7, 11) is 0. The Balaban J connectivity index is 2.45. The first-order valence-electron chi connectivity index (χ1n) is 6.42. The number of rotatable bonds is 6. The summed E-state index contributed by atoms with van der Waals surface area (Å²) in [4.78, 5) is 13.3. The molecule has 1 rings (SSSR count). The number of urea groups is 1. The molecule has 5 nitrogen and oxygen atoms in total. The molecule has 0 saturated heterocycles. The fourth-order valence-corrected chi connectivity index (χ4v) is 1.69. The van der Waals surface area contributed by atoms with Crippen LogP contribution in [0.1, 0.15) is 18.1 Å². The van der Waals surface area contributed by atoms with Gasteiger partial charge in [0.2, 0.25) is 0 Å². The van der Waals surface area contributed by atoms with E-state index in [1.165, 1.54) is 4.90 Å². The predicted octanol–water partition coefficient (Wildman–Crippen LogP) is 1.66. The molecule has 2 amide bonds. The molecule has 0 spiro atoms. The number of carbonyl (C=O) groups excluding carboxylic acids is 1. The molecular formula is C14H22N2O3. The molecule has 1 aromatic rings. The maximum Gasteiger partial charge on any atom is 0.320 e. The summed E-state index contributed by atoms with van der Waals surface area (Å²) < 4.78 is 5.54. The third-order valence-corrected chi connectivity index (χ3v) is 3.04. The number of aliphatic hydroxyl groups excluding tert-OH is 1. The van der Waals surface area contributed by atoms with Gasteiger partial charge in [-0.05, 0) is 38.0 Å². The van der Waals surface area contributed by atoms with Gasteiger partial charge in [-0.15, -0.1) is 0 Å². The lowest BCUT2D eigenvalue weighted by atomic mass is 10.1. The number of nitrogens with one attached hydrogen (secondary N) is 1. The van der Waals surface area contributed by atoms with Gasteiger partial charge in [0.1, 0.15) is 5.75 Å². The molecule has 0 saturated carbocycles. The van der Waals surface area contributed by atoms with Gasteiger partial charge in [-0.25, -0.2) is 4.79 Å². The van der Waals surface area contributed by atoms with Crippen LogP contribution in [0.4, 0.5) is 4.79 Å². The van der Waals surface area contributed by atoms with Crippen LogP contribution in [0, 0.1) is 13.8 Å². The van der Waals surface area contributed by atoms with E-state index < -0.39 is 0 Å². The summed E-state index contributed by atoms with van der Waals surface area (Å²) in [5.74, 6) is 0.769. The second-order valence-corrected chi connectivity index (χ2v) is 4.27. The van der Waals surface area contributed by atoms with Crippen molar-refractivity contribution in [3.8, 4) is 5.75 Å². The van der Waals surface area contributed by atoms with Crippen LogP contribution in [0.2, 0.25) is 0 Å². The lowest BCUT2D eigenvalue weighted by Gasteiger charge is -2.20. The molecule has 1 aromatic carbocycles. The van der Waals surface area contributed by atoms with Crippen molar-refractivity contribution in [2.75, 3.05) is 26.4 Å². The average Bonchev–Trinajstić information content (AvgIpc) is 2.40. The molecule has 106 valence electrons. The molecule has 0 aromatic heterocycles. The quantitative estimate of drug-likeness (QED) is 0.770. The van der Waals surface area contributed by atoms with Crippen LogP contribution in [0.5, 0.6) is 5.75 Å². The van der Waals surface area contributed by atoms with Crippen LogP contribution in [-0.2, 0) is 0 Å². The van der Waals surface area contributed by atoms with E-state index in [2.05, 4.69) is 5.32 Å². The van der Waals surface area contributed by atoms with Crippen LogP contribution in [0.25, 0.3) is 0 Å². The minimum Gasteiger partial charge on any atom is -0.473 e. The summed E-state index contributed by atoms with van der Waals surface area (Å²) in [5.41, 5.74) is 2.22. The Hall–Kier alpha value is -1.75. The highest BCUT2D eigenvalue weighted by molar-refractivity contribution is 5.73. The Labute approximate surface area is 114 Å². The van der Waals surface area contributed by atoms with Crippen molar-refractivity contribution in [3.05, 3.63) is 29.3 Å². The Morgan fingerprint density at radius 2 is 2.16 bits per heavy atom. The molecule has 0 aliphatic heterocycles. The summed E-state index contributed by atoms with van der Waals surface area (Å²) in [5, 5.41) is 11.5. The summed E-state index contributed by atoms with van der Waals surface area (Å²) >= 11 is 0. The number of aliphatic hydroxyl groups is 1. The first-order chi connectivity index (χ1) is 9.10. The zero-order chi connectivity index (χ0) is 14.3. The van der Waals surface area contributed by atoms with E-state index in [1.807, 2.05) is 39.0 Å². The summed E-state index contributed by atoms with van der Waals surface area (Å²) in [6.45, 7) is 6.81. The third-order valence-electron chi connectivity index (χ3n) is 3.04. The van der Waals surface area contributed by atoms with Crippen molar-refractivity contribution in [2.45, 2.75) is 20.8 Å². The normalized spacial score (nSPS) is 10.1. The maximum absolute atomic E-state index is 11.7. The summed E-state index contributed by atoms with van der Waals surface area (Å²) in [6.07, 6.45) is 0. The van der Waals surface area contributed by atoms with Gasteiger partial charge in [0.15, 0.2) is 6.73 Å². The molecule has 0 heterocycles. The first kappa shape index (κ1) is 15.3. The fraction of sp³-hybridized carbons (Fsp3) is 0.500. The van der Waals surface area contributed by atoms with Gasteiger partial charge in [0, 0.05) is 13.1 Å². The van der Waals surface area contributed by atoms with E-state index in [0.29, 0.717) is 13.1 Å². The average molecular weight is 266 g/mol. The number of nitrogens with zero attached hydrogens (tertiary/aromatic N) is 1. The van der Waals surface area contributed by atoms with E-state index in [0.717, 1.165) is 16.9 Å². The Kier molecular flexibility index (Phi) is 6.15. The zero-order valence-electron chi connectivity index (χ0n) is 11.8. The van der Waals surface area contributed by atoms with E-state index in [4.69, 9.17) is 9.84 Å². The third kappa shape index (κ3) is 4.44. The van der Waals surface area contributed by atoms with Gasteiger partial charge in [-0.2, -0.15) is 0 Å². The number of carbonyl (C=O) groups is 1. The fourth-order valence-electron chi connectivity index (χ4n) is 1.69. The molecule has 5 heteroatoms. The number of hydrogen-bond acceptors (Lipinski definition) is 3. The lowest BCUT2D eigenvalue weighted by molar-refractivity contribution is 0.170. The smallest absolute Gasteiger partial charge is 0.320 e. The van der Waals surface area contributed by atoms with Crippen molar-refractivity contribution in [3.63, 3.8) is 0 Å². The minimum absolute atomic E-state index is 0.0426. The molecule has 0 aliphatic carbocycles. The van der Waals surface area contributed by atoms with Gasteiger partial charge >= 0.3 is 6.03 Å². The highest BCUT2D eigenvalue weighted by Crippen LogP contribution is 2.19. The van der Waals surface area contributed by atoms with Crippen molar-refractivity contribution >= 4 is 6.03 Å². The number of aryl methyl sites for hydroxylation is 1. The van der Waals surface area contributed by atoms with E-state index >= 15 is 0 Å². The van der Waals surface area contributed by atoms with Crippen molar-refractivity contribution < 1.29 is 14.6 Å². The van der Waals surface area contributed by atoms with E-state index in [1.54, 1.807) is 0 Å². The van der Waals surface area contributed by atoms with Crippen LogP contribution in [0.3, 0.4) is 0 Å². The van der Waals surface area contributed by atoms with E-state index in [9.17, 15) is 4.79 Å². The summed E-state index contributed by atoms with van der Waals surface area (Å²) in [6, 6.07) is 5.58. The standard InChI is InChI=1S/C14H22N2O3/c1-4-16(8-9-17)14(18)15-10-19-13-7-5-6-11(2)12(13)3/h5-7,17H,4,8-10H2,1-3H3,(H,15,18). The van der Waals surface area contributed by atoms with Crippen LogP contribution < -0.4 is 10.1 Å².